The average molecular weight is 408 g/mol. The molecule has 6 nitrogen and oxygen atoms in total. The predicted molar refractivity (Wildman–Crippen MR) is 115 cm³/mol. The Morgan fingerprint density at radius 2 is 1.73 bits per heavy atom. The third-order valence-corrected chi connectivity index (χ3v) is 5.90. The Labute approximate surface area is 177 Å². The molecule has 0 spiro atoms. The van der Waals surface area contributed by atoms with Crippen LogP contribution in [0, 0.1) is 12.8 Å². The smallest absolute Gasteiger partial charge is 0.272 e. The van der Waals surface area contributed by atoms with Crippen molar-refractivity contribution in [1.82, 2.24) is 14.8 Å². The molecule has 30 heavy (non-hydrogen) atoms. The van der Waals surface area contributed by atoms with Crippen molar-refractivity contribution in [2.24, 2.45) is 5.92 Å². The van der Waals surface area contributed by atoms with E-state index in [0.717, 1.165) is 51.0 Å². The molecule has 1 unspecified atom stereocenters. The van der Waals surface area contributed by atoms with Gasteiger partial charge in [-0.05, 0) is 56.9 Å². The Hall–Kier alpha value is -2.89. The fraction of sp³-hybridized carbons (Fsp3) is 0.458. The van der Waals surface area contributed by atoms with Crippen LogP contribution in [0.15, 0.2) is 42.5 Å². The van der Waals surface area contributed by atoms with Gasteiger partial charge in [0.15, 0.2) is 0 Å². The Morgan fingerprint density at radius 1 is 0.967 bits per heavy atom. The first-order valence-electron chi connectivity index (χ1n) is 10.9. The molecule has 1 aromatic heterocycles. The average Bonchev–Trinajstić information content (AvgIpc) is 3.32. The number of hydrogen-bond acceptors (Lipinski definition) is 4. The first-order chi connectivity index (χ1) is 14.6. The number of aryl methyl sites for hydroxylation is 1. The highest BCUT2D eigenvalue weighted by molar-refractivity contribution is 5.97. The molecule has 2 fully saturated rings. The number of likely N-dealkylation sites (tertiary alicyclic amines) is 2. The number of para-hydroxylation sites is 1. The number of benzene rings is 1. The summed E-state index contributed by atoms with van der Waals surface area (Å²) in [5.41, 5.74) is 1.97. The van der Waals surface area contributed by atoms with Gasteiger partial charge in [-0.1, -0.05) is 18.2 Å². The van der Waals surface area contributed by atoms with E-state index in [9.17, 15) is 9.59 Å². The van der Waals surface area contributed by atoms with E-state index in [0.29, 0.717) is 30.2 Å². The van der Waals surface area contributed by atoms with Crippen LogP contribution in [-0.4, -0.2) is 59.4 Å². The molecule has 2 aromatic rings. The second-order valence-electron chi connectivity index (χ2n) is 8.23. The first-order valence-corrected chi connectivity index (χ1v) is 10.9. The topological polar surface area (TPSA) is 62.7 Å². The zero-order chi connectivity index (χ0) is 20.9. The summed E-state index contributed by atoms with van der Waals surface area (Å²) in [6, 6.07) is 13.0. The molecule has 6 heteroatoms. The van der Waals surface area contributed by atoms with E-state index in [1.165, 1.54) is 0 Å². The van der Waals surface area contributed by atoms with Crippen molar-refractivity contribution in [2.75, 3.05) is 32.8 Å². The van der Waals surface area contributed by atoms with Crippen LogP contribution in [0.3, 0.4) is 0 Å². The molecule has 2 amide bonds. The van der Waals surface area contributed by atoms with Gasteiger partial charge in [0.25, 0.3) is 11.8 Å². The molecule has 4 rings (SSSR count). The number of piperidine rings is 1. The summed E-state index contributed by atoms with van der Waals surface area (Å²) in [4.78, 5) is 33.8. The van der Waals surface area contributed by atoms with Crippen LogP contribution in [0.5, 0.6) is 5.75 Å². The van der Waals surface area contributed by atoms with Crippen LogP contribution in [0.25, 0.3) is 0 Å². The van der Waals surface area contributed by atoms with Crippen molar-refractivity contribution in [1.29, 1.82) is 0 Å². The third kappa shape index (κ3) is 4.64. The van der Waals surface area contributed by atoms with Crippen LogP contribution in [-0.2, 0) is 0 Å². The van der Waals surface area contributed by atoms with Crippen molar-refractivity contribution in [3.63, 3.8) is 0 Å². The van der Waals surface area contributed by atoms with Crippen molar-refractivity contribution < 1.29 is 14.3 Å². The number of amides is 2. The molecular formula is C24H29N3O3. The van der Waals surface area contributed by atoms with E-state index in [2.05, 4.69) is 4.98 Å². The third-order valence-electron chi connectivity index (χ3n) is 5.90. The number of aromatic nitrogens is 1. The second kappa shape index (κ2) is 9.28. The van der Waals surface area contributed by atoms with Gasteiger partial charge in [0.1, 0.15) is 11.4 Å². The molecular weight excluding hydrogens is 378 g/mol. The molecule has 0 saturated carbocycles. The van der Waals surface area contributed by atoms with Gasteiger partial charge in [-0.3, -0.25) is 9.59 Å². The molecule has 0 aliphatic carbocycles. The van der Waals surface area contributed by atoms with E-state index >= 15 is 0 Å². The number of hydrogen-bond donors (Lipinski definition) is 0. The molecule has 0 radical (unpaired) electrons. The predicted octanol–water partition coefficient (Wildman–Crippen LogP) is 3.56. The minimum absolute atomic E-state index is 0.0204. The lowest BCUT2D eigenvalue weighted by atomic mass is 9.98. The Morgan fingerprint density at radius 3 is 2.53 bits per heavy atom. The summed E-state index contributed by atoms with van der Waals surface area (Å²) in [5, 5.41) is 0. The van der Waals surface area contributed by atoms with Crippen LogP contribution < -0.4 is 4.74 Å². The minimum Gasteiger partial charge on any atom is -0.492 e. The standard InChI is InChI=1S/C24H29N3O3/c1-18-8-6-11-21(25-18)24(29)27-15-7-9-19(16-27)17-30-22-12-3-2-10-20(22)23(28)26-13-4-5-14-26/h2-3,6,8,10-12,19H,4-5,7,9,13-17H2,1H3. The zero-order valence-corrected chi connectivity index (χ0v) is 17.5. The van der Waals surface area contributed by atoms with Crippen molar-refractivity contribution in [3.8, 4) is 5.75 Å². The lowest BCUT2D eigenvalue weighted by Crippen LogP contribution is -2.42. The van der Waals surface area contributed by atoms with E-state index in [1.54, 1.807) is 6.07 Å². The number of ether oxygens (including phenoxy) is 1. The summed E-state index contributed by atoms with van der Waals surface area (Å²) < 4.78 is 6.11. The van der Waals surface area contributed by atoms with Gasteiger partial charge in [0.05, 0.1) is 12.2 Å². The van der Waals surface area contributed by atoms with Gasteiger partial charge >= 0.3 is 0 Å². The van der Waals surface area contributed by atoms with E-state index in [1.807, 2.05) is 53.1 Å². The molecule has 2 saturated heterocycles. The SMILES string of the molecule is Cc1cccc(C(=O)N2CCCC(COc3ccccc3C(=O)N3CCCC3)C2)n1. The van der Waals surface area contributed by atoms with E-state index in [4.69, 9.17) is 4.74 Å². The van der Waals surface area contributed by atoms with Gasteiger partial charge in [-0.15, -0.1) is 0 Å². The Balaban J connectivity index is 1.38. The van der Waals surface area contributed by atoms with Gasteiger partial charge in [-0.25, -0.2) is 4.98 Å². The molecule has 0 N–H and O–H groups in total. The summed E-state index contributed by atoms with van der Waals surface area (Å²) >= 11 is 0. The van der Waals surface area contributed by atoms with Crippen LogP contribution in [0.2, 0.25) is 0 Å². The maximum Gasteiger partial charge on any atom is 0.272 e. The minimum atomic E-state index is -0.0204. The van der Waals surface area contributed by atoms with Gasteiger partial charge in [0, 0.05) is 37.8 Å². The quantitative estimate of drug-likeness (QED) is 0.760. The monoisotopic (exact) mass is 407 g/mol. The van der Waals surface area contributed by atoms with Crippen LogP contribution in [0.1, 0.15) is 52.2 Å². The van der Waals surface area contributed by atoms with Gasteiger partial charge < -0.3 is 14.5 Å². The molecule has 3 heterocycles. The largest absolute Gasteiger partial charge is 0.492 e. The number of carbonyl (C=O) groups excluding carboxylic acids is 2. The number of carbonyl (C=O) groups is 2. The number of nitrogens with zero attached hydrogens (tertiary/aromatic N) is 3. The fourth-order valence-corrected chi connectivity index (χ4v) is 4.28. The van der Waals surface area contributed by atoms with Crippen LogP contribution >= 0.6 is 0 Å². The molecule has 2 aliphatic heterocycles. The summed E-state index contributed by atoms with van der Waals surface area (Å²) in [6.45, 7) is 5.42. The van der Waals surface area contributed by atoms with E-state index < -0.39 is 0 Å². The maximum atomic E-state index is 12.8. The summed E-state index contributed by atoms with van der Waals surface area (Å²) in [5.74, 6) is 0.905. The highest BCUT2D eigenvalue weighted by Crippen LogP contribution is 2.25. The Kier molecular flexibility index (Phi) is 6.31. The molecule has 2 aliphatic rings. The molecule has 1 aromatic carbocycles. The first kappa shape index (κ1) is 20.4. The molecule has 0 bridgehead atoms. The molecule has 158 valence electrons. The zero-order valence-electron chi connectivity index (χ0n) is 17.5. The highest BCUT2D eigenvalue weighted by Gasteiger charge is 2.27. The summed E-state index contributed by atoms with van der Waals surface area (Å²) in [6.07, 6.45) is 4.08. The fourth-order valence-electron chi connectivity index (χ4n) is 4.28. The van der Waals surface area contributed by atoms with E-state index in [-0.39, 0.29) is 17.7 Å². The maximum absolute atomic E-state index is 12.8. The van der Waals surface area contributed by atoms with Crippen molar-refractivity contribution >= 4 is 11.8 Å². The van der Waals surface area contributed by atoms with Crippen molar-refractivity contribution in [3.05, 3.63) is 59.4 Å². The molecule has 1 atom stereocenters. The van der Waals surface area contributed by atoms with Crippen LogP contribution in [0.4, 0.5) is 0 Å². The highest BCUT2D eigenvalue weighted by atomic mass is 16.5. The lowest BCUT2D eigenvalue weighted by Gasteiger charge is -2.32. The number of rotatable bonds is 5. The summed E-state index contributed by atoms with van der Waals surface area (Å²) in [7, 11) is 0. The lowest BCUT2D eigenvalue weighted by molar-refractivity contribution is 0.0626. The Bertz CT molecular complexity index is 908. The second-order valence-corrected chi connectivity index (χ2v) is 8.23. The van der Waals surface area contributed by atoms with Gasteiger partial charge in [0.2, 0.25) is 0 Å². The normalized spacial score (nSPS) is 19.0. The van der Waals surface area contributed by atoms with Crippen molar-refractivity contribution in [2.45, 2.75) is 32.6 Å². The number of pyridine rings is 1. The van der Waals surface area contributed by atoms with Gasteiger partial charge in [-0.2, -0.15) is 0 Å².